The lowest BCUT2D eigenvalue weighted by molar-refractivity contribution is -0.125. The van der Waals surface area contributed by atoms with Crippen molar-refractivity contribution in [1.82, 2.24) is 0 Å². The first-order valence-corrected chi connectivity index (χ1v) is 10.1. The first-order valence-electron chi connectivity index (χ1n) is 10.1. The molecule has 148 valence electrons. The highest BCUT2D eigenvalue weighted by Crippen LogP contribution is 2.31. The van der Waals surface area contributed by atoms with E-state index in [4.69, 9.17) is 0 Å². The topological polar surface area (TPSA) is 58.2 Å². The van der Waals surface area contributed by atoms with Gasteiger partial charge in [0.05, 0.1) is 0 Å². The molecule has 1 aliphatic carbocycles. The van der Waals surface area contributed by atoms with E-state index in [1.165, 1.54) is 11.1 Å². The monoisotopic (exact) mass is 378 g/mol. The van der Waals surface area contributed by atoms with Gasteiger partial charge in [-0.2, -0.15) is 0 Å². The molecule has 1 fully saturated rings. The minimum atomic E-state index is -0.0223. The predicted octanol–water partition coefficient (Wildman–Crippen LogP) is 5.30. The highest BCUT2D eigenvalue weighted by atomic mass is 16.2. The lowest BCUT2D eigenvalue weighted by Gasteiger charge is -2.27. The lowest BCUT2D eigenvalue weighted by atomic mass is 9.81. The van der Waals surface area contributed by atoms with Crippen molar-refractivity contribution in [2.24, 2.45) is 11.8 Å². The Balaban J connectivity index is 1.53. The van der Waals surface area contributed by atoms with Gasteiger partial charge in [0.1, 0.15) is 0 Å². The van der Waals surface area contributed by atoms with Crippen LogP contribution in [0.3, 0.4) is 0 Å². The number of anilines is 2. The van der Waals surface area contributed by atoms with Crippen LogP contribution >= 0.6 is 0 Å². The van der Waals surface area contributed by atoms with Gasteiger partial charge >= 0.3 is 0 Å². The zero-order valence-corrected chi connectivity index (χ0v) is 17.3. The third-order valence-corrected chi connectivity index (χ3v) is 5.75. The maximum Gasteiger partial charge on any atom is 0.227 e. The van der Waals surface area contributed by atoms with Gasteiger partial charge < -0.3 is 10.6 Å². The summed E-state index contributed by atoms with van der Waals surface area (Å²) in [6.45, 7) is 8.11. The quantitative estimate of drug-likeness (QED) is 0.758. The van der Waals surface area contributed by atoms with Gasteiger partial charge in [0.2, 0.25) is 11.8 Å². The Morgan fingerprint density at radius 3 is 1.36 bits per heavy atom. The fraction of sp³-hybridized carbons (Fsp3) is 0.417. The van der Waals surface area contributed by atoms with Crippen LogP contribution in [0.15, 0.2) is 36.4 Å². The van der Waals surface area contributed by atoms with E-state index in [1.54, 1.807) is 0 Å². The number of amides is 2. The molecule has 1 saturated carbocycles. The van der Waals surface area contributed by atoms with Crippen LogP contribution in [0.1, 0.15) is 47.9 Å². The second kappa shape index (κ2) is 8.59. The van der Waals surface area contributed by atoms with Gasteiger partial charge in [-0.3, -0.25) is 9.59 Å². The number of aryl methyl sites for hydroxylation is 4. The van der Waals surface area contributed by atoms with Crippen molar-refractivity contribution in [3.05, 3.63) is 58.7 Å². The van der Waals surface area contributed by atoms with Gasteiger partial charge in [-0.1, -0.05) is 35.4 Å². The number of carbonyl (C=O) groups is 2. The van der Waals surface area contributed by atoms with Crippen LogP contribution < -0.4 is 10.6 Å². The molecular formula is C24H30N2O2. The van der Waals surface area contributed by atoms with E-state index < -0.39 is 0 Å². The minimum absolute atomic E-state index is 0.0223. The summed E-state index contributed by atoms with van der Waals surface area (Å²) < 4.78 is 0. The fourth-order valence-corrected chi connectivity index (χ4v) is 4.00. The molecule has 0 spiro atoms. The Morgan fingerprint density at radius 1 is 0.679 bits per heavy atom. The van der Waals surface area contributed by atoms with Crippen LogP contribution in [0.2, 0.25) is 0 Å². The van der Waals surface area contributed by atoms with Crippen molar-refractivity contribution in [1.29, 1.82) is 0 Å². The van der Waals surface area contributed by atoms with E-state index in [9.17, 15) is 9.59 Å². The van der Waals surface area contributed by atoms with Crippen LogP contribution in [-0.4, -0.2) is 11.8 Å². The average molecular weight is 379 g/mol. The van der Waals surface area contributed by atoms with Gasteiger partial charge in [-0.15, -0.1) is 0 Å². The molecule has 28 heavy (non-hydrogen) atoms. The molecule has 0 saturated heterocycles. The molecule has 0 aromatic heterocycles. The second-order valence-electron chi connectivity index (χ2n) is 8.16. The largest absolute Gasteiger partial charge is 0.326 e. The molecule has 2 amide bonds. The molecule has 4 nitrogen and oxygen atoms in total. The summed E-state index contributed by atoms with van der Waals surface area (Å²) in [5.41, 5.74) is 6.29. The van der Waals surface area contributed by atoms with E-state index in [0.29, 0.717) is 0 Å². The summed E-state index contributed by atoms with van der Waals surface area (Å²) in [5.74, 6) is 0.0945. The number of hydrogen-bond acceptors (Lipinski definition) is 2. The van der Waals surface area contributed by atoms with E-state index in [1.807, 2.05) is 52.0 Å². The second-order valence-corrected chi connectivity index (χ2v) is 8.16. The molecule has 0 aliphatic heterocycles. The maximum atomic E-state index is 12.6. The Morgan fingerprint density at radius 2 is 1.04 bits per heavy atom. The highest BCUT2D eigenvalue weighted by molar-refractivity contribution is 5.95. The molecule has 0 radical (unpaired) electrons. The number of carbonyl (C=O) groups excluding carboxylic acids is 2. The van der Waals surface area contributed by atoms with Gasteiger partial charge in [-0.05, 0) is 76.6 Å². The van der Waals surface area contributed by atoms with Crippen molar-refractivity contribution in [3.63, 3.8) is 0 Å². The molecule has 0 bridgehead atoms. The number of rotatable bonds is 4. The van der Waals surface area contributed by atoms with Crippen LogP contribution in [0.4, 0.5) is 11.4 Å². The van der Waals surface area contributed by atoms with E-state index in [2.05, 4.69) is 22.8 Å². The molecule has 1 aliphatic rings. The summed E-state index contributed by atoms with van der Waals surface area (Å²) in [5, 5.41) is 6.13. The van der Waals surface area contributed by atoms with Crippen molar-refractivity contribution < 1.29 is 9.59 Å². The van der Waals surface area contributed by atoms with Gasteiger partial charge in [-0.25, -0.2) is 0 Å². The van der Waals surface area contributed by atoms with Crippen molar-refractivity contribution >= 4 is 23.2 Å². The molecular weight excluding hydrogens is 348 g/mol. The maximum absolute atomic E-state index is 12.6. The van der Waals surface area contributed by atoms with Crippen LogP contribution in [0, 0.1) is 39.5 Å². The van der Waals surface area contributed by atoms with Crippen LogP contribution in [0.25, 0.3) is 0 Å². The third-order valence-electron chi connectivity index (χ3n) is 5.75. The molecule has 0 atom stereocenters. The normalized spacial score (nSPS) is 19.1. The molecule has 2 aromatic rings. The average Bonchev–Trinajstić information content (AvgIpc) is 2.66. The van der Waals surface area contributed by atoms with Crippen molar-refractivity contribution in [2.75, 3.05) is 10.6 Å². The predicted molar refractivity (Wildman–Crippen MR) is 115 cm³/mol. The lowest BCUT2D eigenvalue weighted by Crippen LogP contribution is -2.32. The Labute approximate surface area is 167 Å². The zero-order chi connectivity index (χ0) is 20.3. The summed E-state index contributed by atoms with van der Waals surface area (Å²) in [4.78, 5) is 25.3. The first-order chi connectivity index (χ1) is 13.3. The zero-order valence-electron chi connectivity index (χ0n) is 17.3. The van der Waals surface area contributed by atoms with E-state index in [0.717, 1.165) is 48.2 Å². The van der Waals surface area contributed by atoms with Crippen LogP contribution in [-0.2, 0) is 9.59 Å². The summed E-state index contributed by atoms with van der Waals surface area (Å²) in [7, 11) is 0. The molecule has 3 rings (SSSR count). The van der Waals surface area contributed by atoms with E-state index in [-0.39, 0.29) is 23.7 Å². The van der Waals surface area contributed by atoms with Gasteiger partial charge in [0.25, 0.3) is 0 Å². The van der Waals surface area contributed by atoms with Crippen molar-refractivity contribution in [3.8, 4) is 0 Å². The summed E-state index contributed by atoms with van der Waals surface area (Å²) in [6, 6.07) is 12.1. The van der Waals surface area contributed by atoms with E-state index >= 15 is 0 Å². The van der Waals surface area contributed by atoms with Crippen LogP contribution in [0.5, 0.6) is 0 Å². The molecule has 0 unspecified atom stereocenters. The number of nitrogens with one attached hydrogen (secondary N) is 2. The summed E-state index contributed by atoms with van der Waals surface area (Å²) in [6.07, 6.45) is 3.01. The Bertz CT molecular complexity index is 807. The Hall–Kier alpha value is -2.62. The highest BCUT2D eigenvalue weighted by Gasteiger charge is 2.30. The molecule has 4 heteroatoms. The smallest absolute Gasteiger partial charge is 0.227 e. The van der Waals surface area contributed by atoms with Gasteiger partial charge in [0.15, 0.2) is 0 Å². The summed E-state index contributed by atoms with van der Waals surface area (Å²) >= 11 is 0. The molecule has 2 aromatic carbocycles. The molecule has 2 N–H and O–H groups in total. The molecule has 0 heterocycles. The third kappa shape index (κ3) is 4.80. The Kier molecular flexibility index (Phi) is 6.18. The first kappa shape index (κ1) is 20.1. The minimum Gasteiger partial charge on any atom is -0.326 e. The number of benzene rings is 2. The van der Waals surface area contributed by atoms with Gasteiger partial charge in [0, 0.05) is 23.2 Å². The SMILES string of the molecule is Cc1ccc(NC(=O)C2CCC(C(=O)Nc3ccc(C)cc3C)CC2)c(C)c1. The fourth-order valence-electron chi connectivity index (χ4n) is 4.00. The standard InChI is InChI=1S/C24H30N2O2/c1-15-5-11-21(17(3)13-15)25-23(27)19-7-9-20(10-8-19)24(28)26-22-12-6-16(2)14-18(22)4/h5-6,11-14,19-20H,7-10H2,1-4H3,(H,25,27)(H,26,28). The van der Waals surface area contributed by atoms with Crippen molar-refractivity contribution in [2.45, 2.75) is 53.4 Å². The number of hydrogen-bond donors (Lipinski definition) is 2.